The maximum Gasteiger partial charge on any atom is 0.264 e. The maximum atomic E-state index is 13.9. The molecular weight excluding hydrogens is 546 g/mol. The average Bonchev–Trinajstić information content (AvgIpc) is 2.94. The lowest BCUT2D eigenvalue weighted by molar-refractivity contribution is -0.138. The Labute approximate surface area is 243 Å². The molecule has 0 radical (unpaired) electrons. The number of amides is 2. The second kappa shape index (κ2) is 14.3. The van der Waals surface area contributed by atoms with Gasteiger partial charge >= 0.3 is 0 Å². The first-order valence-corrected chi connectivity index (χ1v) is 15.3. The first-order valence-electron chi connectivity index (χ1n) is 13.5. The van der Waals surface area contributed by atoms with E-state index in [1.54, 1.807) is 37.3 Å². The van der Waals surface area contributed by atoms with E-state index >= 15 is 0 Å². The Morgan fingerprint density at radius 3 is 2.27 bits per heavy atom. The predicted molar refractivity (Wildman–Crippen MR) is 161 cm³/mol. The van der Waals surface area contributed by atoms with Crippen molar-refractivity contribution in [2.24, 2.45) is 0 Å². The number of nitrogens with one attached hydrogen (secondary N) is 1. The summed E-state index contributed by atoms with van der Waals surface area (Å²) in [7, 11) is -4.13. The van der Waals surface area contributed by atoms with Gasteiger partial charge in [-0.1, -0.05) is 79.0 Å². The number of carbonyl (C=O) groups excluding carboxylic acids is 2. The molecule has 2 amide bonds. The lowest BCUT2D eigenvalue weighted by Gasteiger charge is -2.32. The van der Waals surface area contributed by atoms with Crippen LogP contribution in [0.25, 0.3) is 0 Å². The minimum absolute atomic E-state index is 0.0591. The fourth-order valence-electron chi connectivity index (χ4n) is 4.21. The number of unbranched alkanes of at least 4 members (excludes halogenated alkanes) is 1. The highest BCUT2D eigenvalue weighted by Gasteiger charge is 2.32. The Morgan fingerprint density at radius 1 is 0.975 bits per heavy atom. The normalized spacial score (nSPS) is 12.0. The van der Waals surface area contributed by atoms with Crippen molar-refractivity contribution in [2.75, 3.05) is 23.9 Å². The summed E-state index contributed by atoms with van der Waals surface area (Å²) < 4.78 is 28.8. The van der Waals surface area contributed by atoms with Gasteiger partial charge in [-0.2, -0.15) is 0 Å². The minimum atomic E-state index is -4.13. The van der Waals surface area contributed by atoms with Crippen molar-refractivity contribution in [3.8, 4) is 0 Å². The standard InChI is InChI=1S/C31H38ClN3O4S/c1-5-6-19-33-31(37)25(4)34(20-18-26-10-8-7-9-11-26)30(36)22-35(27-15-14-24(3)29(32)21-27)40(38,39)28-16-12-23(2)13-17-28/h7-17,21,25H,5-6,18-20,22H2,1-4H3,(H,33,37)/t25-/m0/s1. The number of nitrogens with zero attached hydrogens (tertiary/aromatic N) is 2. The molecule has 3 aromatic carbocycles. The SMILES string of the molecule is CCCCNC(=O)[C@H](C)N(CCc1ccccc1)C(=O)CN(c1ccc(C)c(Cl)c1)S(=O)(=O)c1ccc(C)cc1. The first kappa shape index (κ1) is 31.2. The molecule has 0 aromatic heterocycles. The topological polar surface area (TPSA) is 86.8 Å². The first-order chi connectivity index (χ1) is 19.0. The van der Waals surface area contributed by atoms with E-state index in [1.165, 1.54) is 17.0 Å². The van der Waals surface area contributed by atoms with Crippen LogP contribution in [0.3, 0.4) is 0 Å². The van der Waals surface area contributed by atoms with E-state index in [9.17, 15) is 18.0 Å². The van der Waals surface area contributed by atoms with Gasteiger partial charge in [-0.05, 0) is 69.0 Å². The molecule has 9 heteroatoms. The Balaban J connectivity index is 1.97. The number of hydrogen-bond donors (Lipinski definition) is 1. The van der Waals surface area contributed by atoms with E-state index in [-0.39, 0.29) is 23.0 Å². The van der Waals surface area contributed by atoms with Gasteiger partial charge in [-0.3, -0.25) is 13.9 Å². The zero-order chi connectivity index (χ0) is 29.3. The number of sulfonamides is 1. The molecule has 0 saturated heterocycles. The molecule has 0 aliphatic heterocycles. The maximum absolute atomic E-state index is 13.9. The van der Waals surface area contributed by atoms with E-state index in [0.29, 0.717) is 18.0 Å². The summed E-state index contributed by atoms with van der Waals surface area (Å²) in [6, 6.07) is 20.2. The molecule has 0 aliphatic carbocycles. The van der Waals surface area contributed by atoms with Gasteiger partial charge in [-0.15, -0.1) is 0 Å². The summed E-state index contributed by atoms with van der Waals surface area (Å²) in [5.74, 6) is -0.761. The van der Waals surface area contributed by atoms with Crippen LogP contribution in [0.5, 0.6) is 0 Å². The molecule has 0 fully saturated rings. The molecule has 0 spiro atoms. The van der Waals surface area contributed by atoms with Crippen molar-refractivity contribution in [2.45, 2.75) is 57.9 Å². The monoisotopic (exact) mass is 583 g/mol. The zero-order valence-corrected chi connectivity index (χ0v) is 25.1. The number of carbonyl (C=O) groups is 2. The molecule has 0 bridgehead atoms. The van der Waals surface area contributed by atoms with E-state index in [0.717, 1.165) is 33.8 Å². The van der Waals surface area contributed by atoms with Crippen LogP contribution in [-0.2, 0) is 26.0 Å². The molecule has 0 saturated carbocycles. The Hall–Kier alpha value is -3.36. The number of halogens is 1. The lowest BCUT2D eigenvalue weighted by atomic mass is 10.1. The van der Waals surface area contributed by atoms with Crippen molar-refractivity contribution >= 4 is 39.1 Å². The molecule has 1 atom stereocenters. The van der Waals surface area contributed by atoms with Crippen LogP contribution in [0.2, 0.25) is 5.02 Å². The van der Waals surface area contributed by atoms with Crippen LogP contribution < -0.4 is 9.62 Å². The van der Waals surface area contributed by atoms with Gasteiger partial charge in [-0.25, -0.2) is 8.42 Å². The Kier molecular flexibility index (Phi) is 11.2. The number of hydrogen-bond acceptors (Lipinski definition) is 4. The van der Waals surface area contributed by atoms with Crippen LogP contribution in [-0.4, -0.2) is 50.8 Å². The molecule has 0 aliphatic rings. The Bertz CT molecular complexity index is 1400. The molecule has 1 N–H and O–H groups in total. The summed E-state index contributed by atoms with van der Waals surface area (Å²) in [5.41, 5.74) is 2.97. The van der Waals surface area contributed by atoms with Crippen LogP contribution in [0.1, 0.15) is 43.4 Å². The van der Waals surface area contributed by atoms with Gasteiger partial charge in [0.05, 0.1) is 10.6 Å². The number of anilines is 1. The smallest absolute Gasteiger partial charge is 0.264 e. The molecular formula is C31H38ClN3O4S. The number of aryl methyl sites for hydroxylation is 2. The molecule has 3 aromatic rings. The van der Waals surface area contributed by atoms with Crippen LogP contribution in [0.4, 0.5) is 5.69 Å². The summed E-state index contributed by atoms with van der Waals surface area (Å²) >= 11 is 6.37. The van der Waals surface area contributed by atoms with Crippen molar-refractivity contribution in [3.63, 3.8) is 0 Å². The average molecular weight is 584 g/mol. The van der Waals surface area contributed by atoms with Gasteiger partial charge in [0.25, 0.3) is 10.0 Å². The fourth-order valence-corrected chi connectivity index (χ4v) is 5.79. The van der Waals surface area contributed by atoms with E-state index < -0.39 is 28.5 Å². The molecule has 40 heavy (non-hydrogen) atoms. The zero-order valence-electron chi connectivity index (χ0n) is 23.6. The largest absolute Gasteiger partial charge is 0.354 e. The van der Waals surface area contributed by atoms with Crippen molar-refractivity contribution in [1.82, 2.24) is 10.2 Å². The summed E-state index contributed by atoms with van der Waals surface area (Å²) in [4.78, 5) is 28.4. The summed E-state index contributed by atoms with van der Waals surface area (Å²) in [6.45, 7) is 7.66. The van der Waals surface area contributed by atoms with E-state index in [4.69, 9.17) is 11.6 Å². The third kappa shape index (κ3) is 8.08. The number of benzene rings is 3. The molecule has 0 unspecified atom stereocenters. The second-order valence-corrected chi connectivity index (χ2v) is 12.2. The fraction of sp³-hybridized carbons (Fsp3) is 0.355. The number of rotatable bonds is 13. The minimum Gasteiger partial charge on any atom is -0.354 e. The van der Waals surface area contributed by atoms with Crippen molar-refractivity contribution < 1.29 is 18.0 Å². The van der Waals surface area contributed by atoms with Gasteiger partial charge in [0.2, 0.25) is 11.8 Å². The molecule has 0 heterocycles. The van der Waals surface area contributed by atoms with Crippen molar-refractivity contribution in [3.05, 3.63) is 94.5 Å². The third-order valence-electron chi connectivity index (χ3n) is 6.81. The van der Waals surface area contributed by atoms with Gasteiger partial charge in [0, 0.05) is 18.1 Å². The summed E-state index contributed by atoms with van der Waals surface area (Å²) in [5, 5.41) is 3.28. The van der Waals surface area contributed by atoms with Gasteiger partial charge in [0.1, 0.15) is 12.6 Å². The van der Waals surface area contributed by atoms with Crippen molar-refractivity contribution in [1.29, 1.82) is 0 Å². The quantitative estimate of drug-likeness (QED) is 0.268. The third-order valence-corrected chi connectivity index (χ3v) is 9.01. The molecule has 3 rings (SSSR count). The highest BCUT2D eigenvalue weighted by Crippen LogP contribution is 2.28. The molecule has 214 valence electrons. The van der Waals surface area contributed by atoms with Gasteiger partial charge in [0.15, 0.2) is 0 Å². The highest BCUT2D eigenvalue weighted by atomic mass is 35.5. The summed E-state index contributed by atoms with van der Waals surface area (Å²) in [6.07, 6.45) is 2.27. The Morgan fingerprint density at radius 2 is 1.65 bits per heavy atom. The van der Waals surface area contributed by atoms with E-state index in [1.807, 2.05) is 51.1 Å². The van der Waals surface area contributed by atoms with E-state index in [2.05, 4.69) is 5.32 Å². The van der Waals surface area contributed by atoms with Crippen LogP contribution >= 0.6 is 11.6 Å². The second-order valence-electron chi connectivity index (χ2n) is 9.90. The predicted octanol–water partition coefficient (Wildman–Crippen LogP) is 5.53. The van der Waals surface area contributed by atoms with Crippen LogP contribution in [0, 0.1) is 13.8 Å². The molecule has 7 nitrogen and oxygen atoms in total. The van der Waals surface area contributed by atoms with Gasteiger partial charge < -0.3 is 10.2 Å². The van der Waals surface area contributed by atoms with Crippen LogP contribution in [0.15, 0.2) is 77.7 Å². The highest BCUT2D eigenvalue weighted by molar-refractivity contribution is 7.92. The lowest BCUT2D eigenvalue weighted by Crippen LogP contribution is -2.52.